The molecule has 0 spiro atoms. The van der Waals surface area contributed by atoms with Gasteiger partial charge in [-0.3, -0.25) is 4.74 Å². The van der Waals surface area contributed by atoms with Crippen LogP contribution in [-0.2, 0) is 19.2 Å². The number of alkyl halides is 2. The molecule has 6 heteroatoms. The van der Waals surface area contributed by atoms with Gasteiger partial charge in [-0.2, -0.15) is 9.78 Å². The molecule has 0 bridgehead atoms. The fraction of sp³-hybridized carbons (Fsp3) is 1.00. The molecule has 2 atom stereocenters. The fourth-order valence-electron chi connectivity index (χ4n) is 0.744. The minimum atomic E-state index is -1.33. The Morgan fingerprint density at radius 2 is 1.92 bits per heavy atom. The van der Waals surface area contributed by atoms with Crippen LogP contribution in [0.25, 0.3) is 0 Å². The van der Waals surface area contributed by atoms with Gasteiger partial charge in [-0.15, -0.1) is 23.2 Å². The Labute approximate surface area is 80.5 Å². The number of ether oxygens (including phenoxy) is 2. The third-order valence-electron chi connectivity index (χ3n) is 1.43. The van der Waals surface area contributed by atoms with Crippen molar-refractivity contribution in [3.63, 3.8) is 0 Å². The van der Waals surface area contributed by atoms with Gasteiger partial charge in [0.2, 0.25) is 5.79 Å². The Kier molecular flexibility index (Phi) is 3.20. The minimum Gasteiger partial charge on any atom is -0.328 e. The molecular formula is C6H10Cl2O4. The van der Waals surface area contributed by atoms with Crippen LogP contribution in [0.3, 0.4) is 0 Å². The van der Waals surface area contributed by atoms with E-state index in [-0.39, 0.29) is 11.8 Å². The van der Waals surface area contributed by atoms with Gasteiger partial charge in [0.05, 0.1) is 5.88 Å². The molecule has 1 rings (SSSR count). The largest absolute Gasteiger partial charge is 0.328 e. The maximum Gasteiger partial charge on any atom is 0.328 e. The van der Waals surface area contributed by atoms with E-state index in [1.165, 1.54) is 7.11 Å². The highest BCUT2D eigenvalue weighted by molar-refractivity contribution is 6.18. The molecule has 1 aliphatic heterocycles. The standard InChI is InChI=1S/C6H10Cl2O4/c1-5(3-7)10-6(4-8,9-2)12-11-5/h3-4H2,1-2H3/t5-,6+/m1/s1. The van der Waals surface area contributed by atoms with Crippen LogP contribution < -0.4 is 0 Å². The Morgan fingerprint density at radius 1 is 1.25 bits per heavy atom. The summed E-state index contributed by atoms with van der Waals surface area (Å²) in [6, 6.07) is 0. The Morgan fingerprint density at radius 3 is 2.17 bits per heavy atom. The smallest absolute Gasteiger partial charge is 0.328 e. The molecule has 1 heterocycles. The van der Waals surface area contributed by atoms with Crippen LogP contribution in [0, 0.1) is 0 Å². The van der Waals surface area contributed by atoms with E-state index in [1.807, 2.05) is 0 Å². The molecule has 0 unspecified atom stereocenters. The van der Waals surface area contributed by atoms with Crippen LogP contribution in [0.4, 0.5) is 0 Å². The summed E-state index contributed by atoms with van der Waals surface area (Å²) < 4.78 is 10.1. The maximum atomic E-state index is 5.56. The average molecular weight is 217 g/mol. The van der Waals surface area contributed by atoms with Gasteiger partial charge in [0, 0.05) is 7.11 Å². The van der Waals surface area contributed by atoms with E-state index >= 15 is 0 Å². The van der Waals surface area contributed by atoms with Crippen molar-refractivity contribution in [2.75, 3.05) is 18.9 Å². The first-order valence-electron chi connectivity index (χ1n) is 3.34. The van der Waals surface area contributed by atoms with E-state index in [2.05, 4.69) is 0 Å². The van der Waals surface area contributed by atoms with Crippen LogP contribution in [0.5, 0.6) is 0 Å². The maximum absolute atomic E-state index is 5.56. The van der Waals surface area contributed by atoms with Gasteiger partial charge in [-0.1, -0.05) is 0 Å². The van der Waals surface area contributed by atoms with Crippen molar-refractivity contribution >= 4 is 23.2 Å². The highest BCUT2D eigenvalue weighted by Gasteiger charge is 2.50. The monoisotopic (exact) mass is 216 g/mol. The first-order chi connectivity index (χ1) is 5.60. The third kappa shape index (κ3) is 1.84. The van der Waals surface area contributed by atoms with Crippen molar-refractivity contribution in [1.29, 1.82) is 0 Å². The molecule has 1 fully saturated rings. The summed E-state index contributed by atoms with van der Waals surface area (Å²) in [6.45, 7) is 1.63. The van der Waals surface area contributed by atoms with E-state index in [9.17, 15) is 0 Å². The van der Waals surface area contributed by atoms with E-state index < -0.39 is 11.8 Å². The van der Waals surface area contributed by atoms with Crippen molar-refractivity contribution < 1.29 is 19.2 Å². The molecule has 0 radical (unpaired) electrons. The normalized spacial score (nSPS) is 42.0. The lowest BCUT2D eigenvalue weighted by Crippen LogP contribution is -2.38. The first kappa shape index (κ1) is 10.5. The van der Waals surface area contributed by atoms with Crippen molar-refractivity contribution in [3.05, 3.63) is 0 Å². The lowest BCUT2D eigenvalue weighted by Gasteiger charge is -2.22. The van der Waals surface area contributed by atoms with Crippen LogP contribution >= 0.6 is 23.2 Å². The summed E-state index contributed by atoms with van der Waals surface area (Å²) in [5.74, 6) is -2.18. The zero-order valence-electron chi connectivity index (χ0n) is 6.80. The van der Waals surface area contributed by atoms with Gasteiger partial charge in [-0.25, -0.2) is 0 Å². The molecule has 0 amide bonds. The predicted octanol–water partition coefficient (Wildman–Crippen LogP) is 1.46. The van der Waals surface area contributed by atoms with E-state index in [1.54, 1.807) is 6.92 Å². The molecule has 4 nitrogen and oxygen atoms in total. The zero-order valence-corrected chi connectivity index (χ0v) is 8.31. The summed E-state index contributed by atoms with van der Waals surface area (Å²) in [7, 11) is 1.41. The quantitative estimate of drug-likeness (QED) is 0.529. The molecule has 1 saturated heterocycles. The third-order valence-corrected chi connectivity index (χ3v) is 2.25. The summed E-state index contributed by atoms with van der Waals surface area (Å²) in [5.41, 5.74) is 0. The van der Waals surface area contributed by atoms with Crippen molar-refractivity contribution in [3.8, 4) is 0 Å². The Balaban J connectivity index is 2.64. The summed E-state index contributed by atoms with van der Waals surface area (Å²) in [4.78, 5) is 9.61. The molecule has 0 saturated carbocycles. The molecule has 1 aliphatic rings. The molecular weight excluding hydrogens is 207 g/mol. The summed E-state index contributed by atoms with van der Waals surface area (Å²) >= 11 is 11.1. The van der Waals surface area contributed by atoms with E-state index in [4.69, 9.17) is 42.5 Å². The van der Waals surface area contributed by atoms with Crippen LogP contribution in [0.15, 0.2) is 0 Å². The average Bonchev–Trinajstić information content (AvgIpc) is 2.46. The molecule has 0 aromatic rings. The van der Waals surface area contributed by atoms with E-state index in [0.717, 1.165) is 0 Å². The molecule has 0 aromatic heterocycles. The van der Waals surface area contributed by atoms with Gasteiger partial charge < -0.3 is 4.74 Å². The van der Waals surface area contributed by atoms with Gasteiger partial charge in [-0.05, 0) is 6.92 Å². The first-order valence-corrected chi connectivity index (χ1v) is 4.41. The summed E-state index contributed by atoms with van der Waals surface area (Å²) in [6.07, 6.45) is 0. The molecule has 0 N–H and O–H groups in total. The van der Waals surface area contributed by atoms with Crippen molar-refractivity contribution in [2.24, 2.45) is 0 Å². The number of hydrogen-bond acceptors (Lipinski definition) is 4. The van der Waals surface area contributed by atoms with Gasteiger partial charge in [0.25, 0.3) is 0 Å². The Hall–Kier alpha value is 0.420. The number of rotatable bonds is 3. The number of methoxy groups -OCH3 is 1. The van der Waals surface area contributed by atoms with Gasteiger partial charge >= 0.3 is 5.97 Å². The van der Waals surface area contributed by atoms with Gasteiger partial charge in [0.1, 0.15) is 5.88 Å². The number of hydrogen-bond donors (Lipinski definition) is 0. The summed E-state index contributed by atoms with van der Waals surface area (Å²) in [5, 5.41) is 0. The molecule has 12 heavy (non-hydrogen) atoms. The number of halogens is 2. The van der Waals surface area contributed by atoms with Crippen molar-refractivity contribution in [1.82, 2.24) is 0 Å². The zero-order chi connectivity index (χ0) is 9.24. The topological polar surface area (TPSA) is 36.9 Å². The lowest BCUT2D eigenvalue weighted by atomic mass is 10.4. The fourth-order valence-corrected chi connectivity index (χ4v) is 1.05. The van der Waals surface area contributed by atoms with Gasteiger partial charge in [0.15, 0.2) is 0 Å². The van der Waals surface area contributed by atoms with E-state index in [0.29, 0.717) is 0 Å². The van der Waals surface area contributed by atoms with Crippen LogP contribution in [0.1, 0.15) is 6.92 Å². The van der Waals surface area contributed by atoms with Crippen LogP contribution in [0.2, 0.25) is 0 Å². The second kappa shape index (κ2) is 3.65. The van der Waals surface area contributed by atoms with Crippen molar-refractivity contribution in [2.45, 2.75) is 18.7 Å². The second-order valence-corrected chi connectivity index (χ2v) is 3.09. The molecule has 72 valence electrons. The molecule has 0 aromatic carbocycles. The van der Waals surface area contributed by atoms with Crippen LogP contribution in [-0.4, -0.2) is 30.6 Å². The Bertz CT molecular complexity index is 162. The lowest BCUT2D eigenvalue weighted by molar-refractivity contribution is -0.401. The second-order valence-electron chi connectivity index (χ2n) is 2.56. The predicted molar refractivity (Wildman–Crippen MR) is 42.8 cm³/mol. The molecule has 0 aliphatic carbocycles. The minimum absolute atomic E-state index is 0.00990. The SMILES string of the molecule is CO[C@]1(CCl)OO[C@](C)(CCl)O1. The highest BCUT2D eigenvalue weighted by atomic mass is 35.5. The highest BCUT2D eigenvalue weighted by Crippen LogP contribution is 2.34.